The van der Waals surface area contributed by atoms with Gasteiger partial charge in [-0.3, -0.25) is 9.69 Å². The van der Waals surface area contributed by atoms with Crippen molar-refractivity contribution >= 4 is 17.6 Å². The first-order valence-corrected chi connectivity index (χ1v) is 7.07. The van der Waals surface area contributed by atoms with Crippen molar-refractivity contribution in [3.8, 4) is 0 Å². The molecule has 0 bridgehead atoms. The van der Waals surface area contributed by atoms with Crippen LogP contribution in [0.2, 0.25) is 0 Å². The summed E-state index contributed by atoms with van der Waals surface area (Å²) in [5.41, 5.74) is 6.65. The number of nitrogens with zero attached hydrogens (tertiary/aromatic N) is 2. The average Bonchev–Trinajstić information content (AvgIpc) is 2.47. The Morgan fingerprint density at radius 2 is 1.95 bits per heavy atom. The second kappa shape index (κ2) is 7.08. The van der Waals surface area contributed by atoms with Crippen LogP contribution in [0.25, 0.3) is 0 Å². The smallest absolute Gasteiger partial charge is 0.338 e. The minimum absolute atomic E-state index is 0.114. The molecule has 1 fully saturated rings. The van der Waals surface area contributed by atoms with E-state index in [1.165, 1.54) is 0 Å². The van der Waals surface area contributed by atoms with E-state index in [2.05, 4.69) is 4.90 Å². The van der Waals surface area contributed by atoms with Gasteiger partial charge in [0.1, 0.15) is 6.61 Å². The maximum atomic E-state index is 11.8. The molecule has 0 aromatic heterocycles. The lowest BCUT2D eigenvalue weighted by atomic mass is 10.2. The predicted molar refractivity (Wildman–Crippen MR) is 79.8 cm³/mol. The number of esters is 1. The summed E-state index contributed by atoms with van der Waals surface area (Å²) in [6.45, 7) is 5.71. The molecular weight excluding hydrogens is 270 g/mol. The first kappa shape index (κ1) is 15.3. The van der Waals surface area contributed by atoms with E-state index >= 15 is 0 Å². The third kappa shape index (κ3) is 4.46. The van der Waals surface area contributed by atoms with Crippen molar-refractivity contribution in [3.05, 3.63) is 29.8 Å². The van der Waals surface area contributed by atoms with Crippen molar-refractivity contribution in [2.45, 2.75) is 6.92 Å². The highest BCUT2D eigenvalue weighted by atomic mass is 16.5. The van der Waals surface area contributed by atoms with Crippen LogP contribution in [0.3, 0.4) is 0 Å². The van der Waals surface area contributed by atoms with E-state index in [4.69, 9.17) is 10.5 Å². The fourth-order valence-corrected chi connectivity index (χ4v) is 2.30. The van der Waals surface area contributed by atoms with Gasteiger partial charge in [-0.2, -0.15) is 0 Å². The summed E-state index contributed by atoms with van der Waals surface area (Å²) >= 11 is 0. The highest BCUT2D eigenvalue weighted by Crippen LogP contribution is 2.08. The van der Waals surface area contributed by atoms with Gasteiger partial charge < -0.3 is 15.4 Å². The zero-order valence-corrected chi connectivity index (χ0v) is 12.2. The molecule has 1 aromatic rings. The monoisotopic (exact) mass is 291 g/mol. The summed E-state index contributed by atoms with van der Waals surface area (Å²) in [4.78, 5) is 27.1. The Hall–Kier alpha value is -2.08. The Morgan fingerprint density at radius 1 is 1.24 bits per heavy atom. The van der Waals surface area contributed by atoms with Crippen molar-refractivity contribution in [1.82, 2.24) is 9.80 Å². The molecule has 1 aliphatic heterocycles. The van der Waals surface area contributed by atoms with E-state index in [1.54, 1.807) is 31.2 Å². The molecule has 1 aromatic carbocycles. The molecule has 0 atom stereocenters. The molecule has 6 nitrogen and oxygen atoms in total. The fraction of sp³-hybridized carbons (Fsp3) is 0.467. The molecule has 0 unspecified atom stereocenters. The molecule has 1 amide bonds. The number of nitrogens with two attached hydrogens (primary N) is 1. The van der Waals surface area contributed by atoms with Crippen LogP contribution in [-0.2, 0) is 9.53 Å². The highest BCUT2D eigenvalue weighted by Gasteiger charge is 2.18. The molecule has 1 saturated heterocycles. The summed E-state index contributed by atoms with van der Waals surface area (Å²) in [5.74, 6) is -0.243. The van der Waals surface area contributed by atoms with Crippen molar-refractivity contribution in [2.75, 3.05) is 45.1 Å². The zero-order valence-electron chi connectivity index (χ0n) is 12.2. The lowest BCUT2D eigenvalue weighted by molar-refractivity contribution is -0.130. The standard InChI is InChI=1S/C15H21N3O3/c1-12(19)18-7-5-17(6-8-18)9-10-21-15(20)13-3-2-4-14(16)11-13/h2-4,11H,5-10,16H2,1H3. The summed E-state index contributed by atoms with van der Waals surface area (Å²) in [6.07, 6.45) is 0. The topological polar surface area (TPSA) is 75.9 Å². The predicted octanol–water partition coefficient (Wildman–Crippen LogP) is 0.590. The normalized spacial score (nSPS) is 15.8. The molecule has 2 rings (SSSR count). The molecule has 114 valence electrons. The van der Waals surface area contributed by atoms with Crippen LogP contribution in [0.4, 0.5) is 5.69 Å². The summed E-state index contributed by atoms with van der Waals surface area (Å²) in [7, 11) is 0. The molecule has 0 spiro atoms. The number of carbonyl (C=O) groups excluding carboxylic acids is 2. The average molecular weight is 291 g/mol. The van der Waals surface area contributed by atoms with Crippen LogP contribution >= 0.6 is 0 Å². The van der Waals surface area contributed by atoms with Gasteiger partial charge in [0.25, 0.3) is 0 Å². The minimum Gasteiger partial charge on any atom is -0.461 e. The van der Waals surface area contributed by atoms with Gasteiger partial charge in [0.05, 0.1) is 5.56 Å². The van der Waals surface area contributed by atoms with Crippen molar-refractivity contribution in [3.63, 3.8) is 0 Å². The number of carbonyl (C=O) groups is 2. The maximum absolute atomic E-state index is 11.8. The van der Waals surface area contributed by atoms with E-state index in [9.17, 15) is 9.59 Å². The van der Waals surface area contributed by atoms with E-state index in [0.717, 1.165) is 26.2 Å². The zero-order chi connectivity index (χ0) is 15.2. The third-order valence-electron chi connectivity index (χ3n) is 3.58. The van der Waals surface area contributed by atoms with Crippen molar-refractivity contribution < 1.29 is 14.3 Å². The SMILES string of the molecule is CC(=O)N1CCN(CCOC(=O)c2cccc(N)c2)CC1. The second-order valence-corrected chi connectivity index (χ2v) is 5.11. The van der Waals surface area contributed by atoms with Crippen molar-refractivity contribution in [2.24, 2.45) is 0 Å². The van der Waals surface area contributed by atoms with E-state index in [1.807, 2.05) is 4.90 Å². The Bertz CT molecular complexity index is 511. The highest BCUT2D eigenvalue weighted by molar-refractivity contribution is 5.90. The maximum Gasteiger partial charge on any atom is 0.338 e. The number of hydrogen-bond acceptors (Lipinski definition) is 5. The second-order valence-electron chi connectivity index (χ2n) is 5.11. The number of ether oxygens (including phenoxy) is 1. The van der Waals surface area contributed by atoms with Gasteiger partial charge in [0, 0.05) is 45.3 Å². The lowest BCUT2D eigenvalue weighted by Crippen LogP contribution is -2.48. The number of benzene rings is 1. The van der Waals surface area contributed by atoms with Gasteiger partial charge >= 0.3 is 5.97 Å². The first-order valence-electron chi connectivity index (χ1n) is 7.07. The minimum atomic E-state index is -0.357. The molecule has 21 heavy (non-hydrogen) atoms. The number of hydrogen-bond donors (Lipinski definition) is 1. The van der Waals surface area contributed by atoms with Gasteiger partial charge in [-0.25, -0.2) is 4.79 Å². The number of rotatable bonds is 4. The molecule has 0 radical (unpaired) electrons. The number of piperazine rings is 1. The Balaban J connectivity index is 1.70. The molecule has 0 aliphatic carbocycles. The molecule has 1 aliphatic rings. The molecule has 6 heteroatoms. The Kier molecular flexibility index (Phi) is 5.16. The number of amides is 1. The van der Waals surface area contributed by atoms with Crippen LogP contribution in [0.5, 0.6) is 0 Å². The van der Waals surface area contributed by atoms with Crippen molar-refractivity contribution in [1.29, 1.82) is 0 Å². The lowest BCUT2D eigenvalue weighted by Gasteiger charge is -2.33. The van der Waals surface area contributed by atoms with Crippen LogP contribution in [0.15, 0.2) is 24.3 Å². The Morgan fingerprint density at radius 3 is 2.57 bits per heavy atom. The largest absolute Gasteiger partial charge is 0.461 e. The van der Waals surface area contributed by atoms with E-state index in [0.29, 0.717) is 24.4 Å². The van der Waals surface area contributed by atoms with Gasteiger partial charge in [0.2, 0.25) is 5.91 Å². The molecular formula is C15H21N3O3. The van der Waals surface area contributed by atoms with Gasteiger partial charge in [-0.1, -0.05) is 6.07 Å². The van der Waals surface area contributed by atoms with Gasteiger partial charge in [-0.05, 0) is 18.2 Å². The number of nitrogen functional groups attached to an aromatic ring is 1. The van der Waals surface area contributed by atoms with Crippen LogP contribution in [0.1, 0.15) is 17.3 Å². The van der Waals surface area contributed by atoms with Crippen LogP contribution < -0.4 is 5.73 Å². The van der Waals surface area contributed by atoms with Crippen LogP contribution in [-0.4, -0.2) is 61.0 Å². The van der Waals surface area contributed by atoms with E-state index in [-0.39, 0.29) is 11.9 Å². The molecule has 0 saturated carbocycles. The number of anilines is 1. The third-order valence-corrected chi connectivity index (χ3v) is 3.58. The first-order chi connectivity index (χ1) is 10.1. The Labute approximate surface area is 124 Å². The van der Waals surface area contributed by atoms with E-state index < -0.39 is 0 Å². The van der Waals surface area contributed by atoms with Crippen LogP contribution in [0, 0.1) is 0 Å². The quantitative estimate of drug-likeness (QED) is 0.649. The van der Waals surface area contributed by atoms with Gasteiger partial charge in [-0.15, -0.1) is 0 Å². The summed E-state index contributed by atoms with van der Waals surface area (Å²) < 4.78 is 5.24. The fourth-order valence-electron chi connectivity index (χ4n) is 2.30. The van der Waals surface area contributed by atoms with Gasteiger partial charge in [0.15, 0.2) is 0 Å². The summed E-state index contributed by atoms with van der Waals surface area (Å²) in [5, 5.41) is 0. The molecule has 1 heterocycles. The molecule has 2 N–H and O–H groups in total. The summed E-state index contributed by atoms with van der Waals surface area (Å²) in [6, 6.07) is 6.75.